The van der Waals surface area contributed by atoms with Crippen LogP contribution in [0.2, 0.25) is 5.02 Å². The zero-order valence-corrected chi connectivity index (χ0v) is 91.8. The van der Waals surface area contributed by atoms with Crippen LogP contribution >= 0.6 is 50.1 Å². The number of alkyl halides is 1. The molecule has 0 aliphatic carbocycles. The van der Waals surface area contributed by atoms with Gasteiger partial charge in [-0.3, -0.25) is 62.9 Å². The number of rotatable bonds is 27. The van der Waals surface area contributed by atoms with Crippen LogP contribution < -0.4 is 77.5 Å². The zero-order valence-electron chi connectivity index (χ0n) is 83.4. The third-order valence-electron chi connectivity index (χ3n) is 21.3. The van der Waals surface area contributed by atoms with Gasteiger partial charge in [-0.25, -0.2) is 18.2 Å². The number of nitrogens with zero attached hydrogens (tertiary/aromatic N) is 6. The Morgan fingerprint density at radius 2 is 0.899 bits per heavy atom. The quantitative estimate of drug-likeness (QED) is 0.00259. The maximum Gasteiger partial charge on any atom is 1.00 e. The Balaban J connectivity index is -0.000000746. The van der Waals surface area contributed by atoms with E-state index in [9.17, 15) is 71.4 Å². The number of carbonyl (C=O) groups is 7. The van der Waals surface area contributed by atoms with Gasteiger partial charge in [0, 0.05) is 124 Å². The molecule has 31 nitrogen and oxygen atoms in total. The Kier molecular flexibility index (Phi) is 70.4. The third-order valence-corrected chi connectivity index (χ3v) is 22.0. The minimum atomic E-state index is -4.67. The van der Waals surface area contributed by atoms with E-state index in [1.807, 2.05) is 50.8 Å². The van der Waals surface area contributed by atoms with E-state index in [0.717, 1.165) is 122 Å². The molecule has 0 spiro atoms. The summed E-state index contributed by atoms with van der Waals surface area (Å²) in [5, 5.41) is 44.7. The molecule has 772 valence electrons. The van der Waals surface area contributed by atoms with Gasteiger partial charge in [-0.2, -0.15) is 12.8 Å². The molecule has 0 atom stereocenters. The molecule has 3 aliphatic rings. The second-order valence-electron chi connectivity index (χ2n) is 34.9. The third kappa shape index (κ3) is 57.7. The van der Waals surface area contributed by atoms with Crippen molar-refractivity contribution in [1.29, 1.82) is 0 Å². The standard InChI is InChI=1S/C20H30N2O4.C20H32N2O2.C11H12FNO3.C11H13FO.C9H9FO.C9H19NO.C8H7FO2.C5H3BrClN.C4H8O2.CH3I.CH4.K.HNO3.H2O4S/c1-14(2)13-21(17-8-10-26-11-9-17)18-7-6-16(12-19(18)22(24)25)20(4,5)15(3)23;1-14(2)13-22(17-8-10-24-11-9-17)19-7-6-16(12-18(19)21)20(4,5)15(3)23;1-7(14)11(2,3)8-4-5-9(12)10(6-8)13(15)16;1-8(13)11(2,3)9-4-6-10(12)7-5-9;1-7(11)6-8-2-4-9(10)5-3-8;1-8(2)7-10-9-3-5-11-6-4-9;9-7-3-1-6(2-4-7)5-8(10)11;6-5-2-1-4(7)3-8-5;1-3-6-4(2)5;1-2;;;2-1-4-3;1-5(2,3)4/h6-7,12,14,17H,8-11,13H2,1-5H3;6-7,12,14,17H,8-11,13,21H2,1-5H3;4-6H,1-3H3;4-7H,1-3H3;2-5H,6H2,1H3;8-10H,3-7H2,1-2H3;1-4H,5H2,(H,10,11);1-3H;3H2,1-2H3;1H3;1H4;;3H;(H2,1,2,3,4)/q;;;;;;;;;;;+1;;/p-1. The van der Waals surface area contributed by atoms with Crippen LogP contribution in [0.5, 0.6) is 0 Å². The Morgan fingerprint density at radius 1 is 0.568 bits per heavy atom. The molecular weight excluding hydrogens is 2060 g/mol. The van der Waals surface area contributed by atoms with Crippen molar-refractivity contribution in [2.75, 3.05) is 86.3 Å². The summed E-state index contributed by atoms with van der Waals surface area (Å²) in [5.41, 5.74) is 10.2. The van der Waals surface area contributed by atoms with Crippen LogP contribution in [0.15, 0.2) is 156 Å². The Bertz CT molecular complexity index is 4860. The average molecular weight is 2200 g/mol. The molecule has 0 radical (unpaired) electrons. The van der Waals surface area contributed by atoms with E-state index >= 15 is 0 Å². The molecule has 7 aromatic rings. The van der Waals surface area contributed by atoms with Crippen LogP contribution in [0.4, 0.5) is 46.0 Å². The van der Waals surface area contributed by atoms with Gasteiger partial charge < -0.3 is 55.1 Å². The first-order valence-corrected chi connectivity index (χ1v) is 48.7. The fourth-order valence-corrected chi connectivity index (χ4v) is 12.8. The molecule has 0 amide bonds. The molecule has 0 bridgehead atoms. The van der Waals surface area contributed by atoms with Gasteiger partial charge in [-0.15, -0.1) is 4.91 Å². The molecule has 139 heavy (non-hydrogen) atoms. The average Bonchev–Trinajstić information content (AvgIpc) is 0.789. The van der Waals surface area contributed by atoms with Crippen molar-refractivity contribution in [3.63, 3.8) is 0 Å². The van der Waals surface area contributed by atoms with Crippen LogP contribution in [-0.4, -0.2) is 167 Å². The van der Waals surface area contributed by atoms with Crippen molar-refractivity contribution >= 4 is 130 Å². The van der Waals surface area contributed by atoms with Crippen LogP contribution in [0, 0.1) is 66.2 Å². The number of halogens is 7. The number of ether oxygens (including phenoxy) is 4. The second kappa shape index (κ2) is 71.4. The first kappa shape index (κ1) is 137. The number of aliphatic carboxylic acids is 1. The number of ketones is 5. The number of pyridine rings is 1. The first-order valence-electron chi connectivity index (χ1n) is 43.9. The Labute approximate surface area is 886 Å². The molecule has 6 aromatic carbocycles. The number of carboxylic acid groups (broad SMARTS) is 1. The summed E-state index contributed by atoms with van der Waals surface area (Å²) in [4.78, 5) is 120. The summed E-state index contributed by atoms with van der Waals surface area (Å²) in [6, 6.07) is 37.3. The van der Waals surface area contributed by atoms with Crippen molar-refractivity contribution in [1.82, 2.24) is 10.3 Å². The summed E-state index contributed by atoms with van der Waals surface area (Å²) in [6.07, 6.45) is 8.10. The van der Waals surface area contributed by atoms with Crippen LogP contribution in [0.3, 0.4) is 0 Å². The number of nitrogen functional groups attached to an aromatic ring is 1. The second-order valence-corrected chi connectivity index (χ2v) is 37.0. The molecule has 0 unspecified atom stereocenters. The van der Waals surface area contributed by atoms with E-state index < -0.39 is 54.5 Å². The molecular formula is C99H142BrClF4IKN8O23S. The number of Topliss-reactive ketones (excluding diaryl/α,β-unsaturated/α-hetero) is 5. The van der Waals surface area contributed by atoms with E-state index in [-0.39, 0.29) is 134 Å². The molecule has 0 saturated carbocycles. The number of hydrogen-bond donors (Lipinski definition) is 5. The van der Waals surface area contributed by atoms with Crippen molar-refractivity contribution in [2.24, 2.45) is 23.1 Å². The molecule has 3 saturated heterocycles. The normalized spacial score (nSPS) is 12.8. The van der Waals surface area contributed by atoms with Crippen LogP contribution in [-0.2, 0) is 102 Å². The maximum atomic E-state index is 13.1. The van der Waals surface area contributed by atoms with Crippen molar-refractivity contribution in [3.8, 4) is 0 Å². The van der Waals surface area contributed by atoms with Crippen LogP contribution in [0.1, 0.15) is 225 Å². The maximum absolute atomic E-state index is 13.1. The number of hydrogen-bond acceptors (Lipinski definition) is 26. The summed E-state index contributed by atoms with van der Waals surface area (Å²) in [5.74, 6) is -1.02. The number of nitro benzene ring substituents is 2. The minimum absolute atomic E-state index is 0. The Hall–Kier alpha value is -8.11. The van der Waals surface area contributed by atoms with Crippen molar-refractivity contribution < 1.29 is 164 Å². The van der Waals surface area contributed by atoms with Crippen LogP contribution in [0.25, 0.3) is 0 Å². The van der Waals surface area contributed by atoms with Crippen molar-refractivity contribution in [2.45, 2.75) is 244 Å². The monoisotopic (exact) mass is 2200 g/mol. The van der Waals surface area contributed by atoms with Gasteiger partial charge in [-0.1, -0.05) is 138 Å². The number of nitrogens with two attached hydrogens (primary N) is 1. The predicted molar refractivity (Wildman–Crippen MR) is 542 cm³/mol. The van der Waals surface area contributed by atoms with Gasteiger partial charge in [0.25, 0.3) is 5.69 Å². The molecule has 4 heterocycles. The molecule has 3 fully saturated rings. The van der Waals surface area contributed by atoms with E-state index in [1.54, 1.807) is 97.1 Å². The number of nitrogens with one attached hydrogen (secondary N) is 1. The van der Waals surface area contributed by atoms with Gasteiger partial charge in [0.1, 0.15) is 62.0 Å². The molecule has 40 heteroatoms. The summed E-state index contributed by atoms with van der Waals surface area (Å²) < 4.78 is 103. The Morgan fingerprint density at radius 3 is 1.20 bits per heavy atom. The molecule has 6 N–H and O–H groups in total. The minimum Gasteiger partial charge on any atom is -0.635 e. The first-order chi connectivity index (χ1) is 63.7. The van der Waals surface area contributed by atoms with E-state index in [2.05, 4.69) is 122 Å². The number of esters is 1. The molecule has 3 aliphatic heterocycles. The smallest absolute Gasteiger partial charge is 0.635 e. The van der Waals surface area contributed by atoms with Gasteiger partial charge >= 0.3 is 79.4 Å². The fourth-order valence-electron chi connectivity index (χ4n) is 12.4. The summed E-state index contributed by atoms with van der Waals surface area (Å²) in [7, 11) is -4.67. The fraction of sp³-hybridized carbons (Fsp3) is 0.515. The summed E-state index contributed by atoms with van der Waals surface area (Å²) >= 11 is 10.9. The van der Waals surface area contributed by atoms with Crippen molar-refractivity contribution in [3.05, 3.63) is 237 Å². The molecule has 1 aromatic heterocycles. The number of carboxylic acids is 1. The zero-order chi connectivity index (χ0) is 105. The van der Waals surface area contributed by atoms with E-state index in [0.29, 0.717) is 77.6 Å². The number of carbonyl (C=O) groups excluding carboxylic acids is 6. The predicted octanol–water partition coefficient (Wildman–Crippen LogP) is 18.1. The van der Waals surface area contributed by atoms with E-state index in [1.165, 1.54) is 100 Å². The number of aromatic nitrogens is 1. The largest absolute Gasteiger partial charge is 1.00 e. The summed E-state index contributed by atoms with van der Waals surface area (Å²) in [6.45, 7) is 46.7. The van der Waals surface area contributed by atoms with Gasteiger partial charge in [0.2, 0.25) is 5.82 Å². The number of nitro groups is 2. The van der Waals surface area contributed by atoms with E-state index in [4.69, 9.17) is 64.3 Å². The topological polar surface area (TPSA) is 457 Å². The SMILES string of the molecule is C.CC(=O)C(C)(C)c1ccc(F)c([N+](=O)[O-])c1.CC(=O)C(C)(C)c1ccc(F)cc1.CC(=O)C(C)(C)c1ccc(N(CC(C)C)C2CCOCC2)c(N)c1.CC(=O)C(C)(C)c1ccc(N(CC(C)C)C2CCOCC2)c([N+](=O)[O-])c1.CC(=O)Cc1ccc(F)cc1.CC(C)CNC1CCOCC1.CCOC(C)=O.CI.Clc1ccc(Br)nc1.O=C(O)Cc1ccc(F)cc1.O=NO[O-].O=S(=O)(O)O.[K+]. The molecule has 10 rings (SSSR count). The number of anilines is 3. The van der Waals surface area contributed by atoms with Gasteiger partial charge in [-0.05, 0) is 287 Å². The van der Waals surface area contributed by atoms with Gasteiger partial charge in [0.05, 0.1) is 39.3 Å². The van der Waals surface area contributed by atoms with Gasteiger partial charge in [0.15, 0.2) is 0 Å². The number of benzene rings is 6.